The molecule has 0 aliphatic heterocycles. The minimum atomic E-state index is 0.719. The van der Waals surface area contributed by atoms with Gasteiger partial charge in [0.1, 0.15) is 18.0 Å². The van der Waals surface area contributed by atoms with Crippen molar-refractivity contribution in [3.63, 3.8) is 0 Å². The van der Waals surface area contributed by atoms with Crippen molar-refractivity contribution in [2.24, 2.45) is 0 Å². The van der Waals surface area contributed by atoms with E-state index in [1.54, 1.807) is 6.33 Å². The number of hydrogen-bond acceptors (Lipinski definition) is 5. The fraction of sp³-hybridized carbons (Fsp3) is 0.438. The van der Waals surface area contributed by atoms with Gasteiger partial charge in [0.05, 0.1) is 0 Å². The van der Waals surface area contributed by atoms with Crippen molar-refractivity contribution in [2.75, 3.05) is 17.2 Å². The summed E-state index contributed by atoms with van der Waals surface area (Å²) < 4.78 is 0. The Labute approximate surface area is 126 Å². The highest BCUT2D eigenvalue weighted by atomic mass is 15.1. The first-order valence-electron chi connectivity index (χ1n) is 7.47. The molecule has 2 N–H and O–H groups in total. The molecular formula is C16H23N5. The maximum atomic E-state index is 4.38. The molecule has 0 unspecified atom stereocenters. The van der Waals surface area contributed by atoms with E-state index in [0.717, 1.165) is 43.1 Å². The van der Waals surface area contributed by atoms with Crippen molar-refractivity contribution in [2.45, 2.75) is 40.2 Å². The van der Waals surface area contributed by atoms with Gasteiger partial charge in [0.15, 0.2) is 0 Å². The second-order valence-corrected chi connectivity index (χ2v) is 4.99. The molecule has 112 valence electrons. The predicted octanol–water partition coefficient (Wildman–Crippen LogP) is 3.18. The Kier molecular flexibility index (Phi) is 5.49. The van der Waals surface area contributed by atoms with E-state index in [1.807, 2.05) is 18.5 Å². The summed E-state index contributed by atoms with van der Waals surface area (Å²) in [5.74, 6) is 1.83. The minimum absolute atomic E-state index is 0.719. The molecule has 0 fully saturated rings. The molecule has 5 heteroatoms. The molecule has 0 atom stereocenters. The lowest BCUT2D eigenvalue weighted by atomic mass is 10.1. The summed E-state index contributed by atoms with van der Waals surface area (Å²) in [7, 11) is 0. The average molecular weight is 285 g/mol. The van der Waals surface area contributed by atoms with Gasteiger partial charge in [-0.3, -0.25) is 4.98 Å². The maximum Gasteiger partial charge on any atom is 0.134 e. The number of pyridine rings is 1. The van der Waals surface area contributed by atoms with E-state index in [9.17, 15) is 0 Å². The van der Waals surface area contributed by atoms with Crippen LogP contribution in [0.1, 0.15) is 37.0 Å². The molecule has 0 spiro atoms. The highest BCUT2D eigenvalue weighted by molar-refractivity contribution is 5.57. The lowest BCUT2D eigenvalue weighted by Crippen LogP contribution is -2.11. The molecule has 2 aromatic heterocycles. The SMILES string of the molecule is CCCNc1ncnc(NCc2cnccc2C)c1CC. The summed E-state index contributed by atoms with van der Waals surface area (Å²) in [6.07, 6.45) is 7.28. The molecular weight excluding hydrogens is 262 g/mol. The van der Waals surface area contributed by atoms with Gasteiger partial charge in [0.2, 0.25) is 0 Å². The zero-order valence-electron chi connectivity index (χ0n) is 13.0. The van der Waals surface area contributed by atoms with E-state index < -0.39 is 0 Å². The van der Waals surface area contributed by atoms with Crippen LogP contribution in [0.3, 0.4) is 0 Å². The Morgan fingerprint density at radius 2 is 1.86 bits per heavy atom. The van der Waals surface area contributed by atoms with Gasteiger partial charge in [0, 0.05) is 31.0 Å². The van der Waals surface area contributed by atoms with Gasteiger partial charge >= 0.3 is 0 Å². The van der Waals surface area contributed by atoms with Crippen LogP contribution in [0.2, 0.25) is 0 Å². The van der Waals surface area contributed by atoms with Crippen molar-refractivity contribution >= 4 is 11.6 Å². The van der Waals surface area contributed by atoms with Gasteiger partial charge < -0.3 is 10.6 Å². The highest BCUT2D eigenvalue weighted by Crippen LogP contribution is 2.21. The van der Waals surface area contributed by atoms with Gasteiger partial charge in [-0.1, -0.05) is 13.8 Å². The number of hydrogen-bond donors (Lipinski definition) is 2. The molecule has 21 heavy (non-hydrogen) atoms. The molecule has 0 aromatic carbocycles. The molecule has 0 saturated heterocycles. The Bertz CT molecular complexity index is 583. The average Bonchev–Trinajstić information content (AvgIpc) is 2.52. The lowest BCUT2D eigenvalue weighted by Gasteiger charge is -2.14. The Balaban J connectivity index is 2.14. The van der Waals surface area contributed by atoms with Crippen molar-refractivity contribution < 1.29 is 0 Å². The molecule has 0 aliphatic rings. The smallest absolute Gasteiger partial charge is 0.134 e. The molecule has 2 aromatic rings. The third-order valence-electron chi connectivity index (χ3n) is 3.44. The summed E-state index contributed by atoms with van der Waals surface area (Å²) >= 11 is 0. The topological polar surface area (TPSA) is 62.7 Å². The second-order valence-electron chi connectivity index (χ2n) is 4.99. The minimum Gasteiger partial charge on any atom is -0.370 e. The number of nitrogens with zero attached hydrogens (tertiary/aromatic N) is 3. The fourth-order valence-electron chi connectivity index (χ4n) is 2.16. The number of rotatable bonds is 7. The summed E-state index contributed by atoms with van der Waals surface area (Å²) in [4.78, 5) is 12.9. The van der Waals surface area contributed by atoms with Gasteiger partial charge in [0.25, 0.3) is 0 Å². The largest absolute Gasteiger partial charge is 0.370 e. The van der Waals surface area contributed by atoms with Gasteiger partial charge in [-0.2, -0.15) is 0 Å². The van der Waals surface area contributed by atoms with Gasteiger partial charge in [-0.15, -0.1) is 0 Å². The predicted molar refractivity (Wildman–Crippen MR) is 86.5 cm³/mol. The van der Waals surface area contributed by atoms with E-state index >= 15 is 0 Å². The number of nitrogens with one attached hydrogen (secondary N) is 2. The molecule has 0 amide bonds. The summed E-state index contributed by atoms with van der Waals surface area (Å²) in [5.41, 5.74) is 3.54. The molecule has 0 bridgehead atoms. The molecule has 0 aliphatic carbocycles. The van der Waals surface area contributed by atoms with Crippen LogP contribution < -0.4 is 10.6 Å². The first-order valence-corrected chi connectivity index (χ1v) is 7.47. The Morgan fingerprint density at radius 1 is 1.10 bits per heavy atom. The second kappa shape index (κ2) is 7.57. The van der Waals surface area contributed by atoms with Crippen LogP contribution in [0.15, 0.2) is 24.8 Å². The molecule has 2 rings (SSSR count). The number of anilines is 2. The van der Waals surface area contributed by atoms with Crippen molar-refractivity contribution in [1.82, 2.24) is 15.0 Å². The quantitative estimate of drug-likeness (QED) is 0.818. The van der Waals surface area contributed by atoms with Crippen LogP contribution in [0.25, 0.3) is 0 Å². The van der Waals surface area contributed by atoms with E-state index in [-0.39, 0.29) is 0 Å². The Morgan fingerprint density at radius 3 is 2.52 bits per heavy atom. The third kappa shape index (κ3) is 3.90. The van der Waals surface area contributed by atoms with Crippen LogP contribution >= 0.6 is 0 Å². The van der Waals surface area contributed by atoms with Crippen molar-refractivity contribution in [1.29, 1.82) is 0 Å². The highest BCUT2D eigenvalue weighted by Gasteiger charge is 2.09. The van der Waals surface area contributed by atoms with Gasteiger partial charge in [-0.05, 0) is 37.0 Å². The lowest BCUT2D eigenvalue weighted by molar-refractivity contribution is 0.943. The van der Waals surface area contributed by atoms with E-state index in [2.05, 4.69) is 46.4 Å². The monoisotopic (exact) mass is 285 g/mol. The van der Waals surface area contributed by atoms with Crippen LogP contribution in [-0.2, 0) is 13.0 Å². The molecule has 0 saturated carbocycles. The molecule has 0 radical (unpaired) electrons. The van der Waals surface area contributed by atoms with Crippen molar-refractivity contribution in [3.8, 4) is 0 Å². The normalized spacial score (nSPS) is 10.4. The number of aryl methyl sites for hydroxylation is 1. The summed E-state index contributed by atoms with van der Waals surface area (Å²) in [6.45, 7) is 8.00. The standard InChI is InChI=1S/C16H23N5/c1-4-7-18-15-14(5-2)16(21-11-20-15)19-10-13-9-17-8-6-12(13)3/h6,8-9,11H,4-5,7,10H2,1-3H3,(H2,18,19,20,21). The maximum absolute atomic E-state index is 4.38. The van der Waals surface area contributed by atoms with Crippen LogP contribution in [0, 0.1) is 6.92 Å². The third-order valence-corrected chi connectivity index (χ3v) is 3.44. The summed E-state index contributed by atoms with van der Waals surface area (Å²) in [5, 5.41) is 6.77. The number of aromatic nitrogens is 3. The van der Waals surface area contributed by atoms with E-state index in [4.69, 9.17) is 0 Å². The molecule has 2 heterocycles. The zero-order valence-corrected chi connectivity index (χ0v) is 13.0. The van der Waals surface area contributed by atoms with Crippen LogP contribution in [-0.4, -0.2) is 21.5 Å². The van der Waals surface area contributed by atoms with Crippen LogP contribution in [0.5, 0.6) is 0 Å². The van der Waals surface area contributed by atoms with E-state index in [1.165, 1.54) is 11.1 Å². The van der Waals surface area contributed by atoms with Crippen molar-refractivity contribution in [3.05, 3.63) is 41.5 Å². The molecule has 5 nitrogen and oxygen atoms in total. The van der Waals surface area contributed by atoms with Crippen LogP contribution in [0.4, 0.5) is 11.6 Å². The Hall–Kier alpha value is -2.17. The first-order chi connectivity index (χ1) is 10.3. The fourth-order valence-corrected chi connectivity index (χ4v) is 2.16. The van der Waals surface area contributed by atoms with E-state index in [0.29, 0.717) is 0 Å². The van der Waals surface area contributed by atoms with Gasteiger partial charge in [-0.25, -0.2) is 9.97 Å². The first kappa shape index (κ1) is 15.2. The zero-order chi connectivity index (χ0) is 15.1. The summed E-state index contributed by atoms with van der Waals surface area (Å²) in [6, 6.07) is 2.02.